The molecule has 0 atom stereocenters. The van der Waals surface area contributed by atoms with Gasteiger partial charge in [0.05, 0.1) is 4.92 Å². The van der Waals surface area contributed by atoms with Gasteiger partial charge in [0.2, 0.25) is 0 Å². The molecule has 1 N–H and O–H groups in total. The summed E-state index contributed by atoms with van der Waals surface area (Å²) in [5, 5.41) is 14.1. The first-order chi connectivity index (χ1) is 11.1. The van der Waals surface area contributed by atoms with E-state index in [4.69, 9.17) is 11.6 Å². The van der Waals surface area contributed by atoms with Crippen molar-refractivity contribution in [3.05, 3.63) is 74.8 Å². The third kappa shape index (κ3) is 5.58. The smallest absolute Gasteiger partial charge is 0.269 e. The molecule has 2 rings (SSSR count). The molecule has 5 nitrogen and oxygen atoms in total. The van der Waals surface area contributed by atoms with Crippen LogP contribution >= 0.6 is 23.4 Å². The summed E-state index contributed by atoms with van der Waals surface area (Å²) in [5.41, 5.74) is 1.53. The van der Waals surface area contributed by atoms with E-state index in [-0.39, 0.29) is 11.6 Å². The molecule has 0 radical (unpaired) electrons. The van der Waals surface area contributed by atoms with Crippen LogP contribution in [0.2, 0.25) is 5.02 Å². The van der Waals surface area contributed by atoms with Gasteiger partial charge in [0, 0.05) is 40.8 Å². The molecular weight excluding hydrogens is 336 g/mol. The molecule has 0 saturated heterocycles. The summed E-state index contributed by atoms with van der Waals surface area (Å²) < 4.78 is 0. The van der Waals surface area contributed by atoms with E-state index < -0.39 is 4.92 Å². The van der Waals surface area contributed by atoms with E-state index in [2.05, 4.69) is 5.32 Å². The molecule has 7 heteroatoms. The molecule has 0 spiro atoms. The third-order valence-electron chi connectivity index (χ3n) is 3.03. The van der Waals surface area contributed by atoms with Gasteiger partial charge in [0.25, 0.3) is 11.6 Å². The highest BCUT2D eigenvalue weighted by Gasteiger charge is 2.08. The minimum absolute atomic E-state index is 0.0290. The number of thioether (sulfide) groups is 1. The van der Waals surface area contributed by atoms with Crippen molar-refractivity contribution in [2.45, 2.75) is 5.75 Å². The van der Waals surface area contributed by atoms with Crippen LogP contribution in [-0.2, 0) is 5.75 Å². The van der Waals surface area contributed by atoms with Crippen LogP contribution in [0.1, 0.15) is 15.9 Å². The summed E-state index contributed by atoms with van der Waals surface area (Å²) in [6, 6.07) is 13.2. The standard InChI is InChI=1S/C16H15ClN2O3S/c17-14-3-1-2-12(10-14)11-23-9-8-18-16(20)13-4-6-15(7-5-13)19(21)22/h1-7,10H,8-9,11H2,(H,18,20). The van der Waals surface area contributed by atoms with Crippen LogP contribution in [0.4, 0.5) is 5.69 Å². The Balaban J connectivity index is 1.71. The number of carbonyl (C=O) groups is 1. The van der Waals surface area contributed by atoms with E-state index in [0.717, 1.165) is 22.1 Å². The zero-order valence-electron chi connectivity index (χ0n) is 12.2. The number of nitro benzene ring substituents is 1. The summed E-state index contributed by atoms with van der Waals surface area (Å²) in [6.07, 6.45) is 0. The number of hydrogen-bond acceptors (Lipinski definition) is 4. The minimum Gasteiger partial charge on any atom is -0.351 e. The lowest BCUT2D eigenvalue weighted by molar-refractivity contribution is -0.384. The highest BCUT2D eigenvalue weighted by molar-refractivity contribution is 7.98. The minimum atomic E-state index is -0.492. The number of nitro groups is 1. The summed E-state index contributed by atoms with van der Waals surface area (Å²) in [5.74, 6) is 1.36. The first kappa shape index (κ1) is 17.3. The quantitative estimate of drug-likeness (QED) is 0.467. The van der Waals surface area contributed by atoms with Crippen molar-refractivity contribution in [2.75, 3.05) is 12.3 Å². The van der Waals surface area contributed by atoms with Crippen molar-refractivity contribution >= 4 is 35.0 Å². The Morgan fingerprint density at radius 3 is 2.61 bits per heavy atom. The topological polar surface area (TPSA) is 72.2 Å². The molecular formula is C16H15ClN2O3S. The summed E-state index contributed by atoms with van der Waals surface area (Å²) in [4.78, 5) is 22.0. The number of non-ortho nitro benzene ring substituents is 1. The molecule has 0 saturated carbocycles. The number of carbonyl (C=O) groups excluding carboxylic acids is 1. The number of halogens is 1. The van der Waals surface area contributed by atoms with E-state index in [0.29, 0.717) is 12.1 Å². The predicted octanol–water partition coefficient (Wildman–Crippen LogP) is 3.91. The molecule has 0 bridgehead atoms. The first-order valence-corrected chi connectivity index (χ1v) is 8.44. The molecule has 0 fully saturated rings. The van der Waals surface area contributed by atoms with Gasteiger partial charge in [-0.25, -0.2) is 0 Å². The van der Waals surface area contributed by atoms with Crippen molar-refractivity contribution in [3.63, 3.8) is 0 Å². The second kappa shape index (κ2) is 8.55. The van der Waals surface area contributed by atoms with E-state index in [1.165, 1.54) is 24.3 Å². The fraction of sp³-hybridized carbons (Fsp3) is 0.188. The van der Waals surface area contributed by atoms with E-state index in [9.17, 15) is 14.9 Å². The molecule has 23 heavy (non-hydrogen) atoms. The molecule has 120 valence electrons. The molecule has 2 aromatic rings. The fourth-order valence-electron chi connectivity index (χ4n) is 1.89. The number of benzene rings is 2. The Bertz CT molecular complexity index is 692. The van der Waals surface area contributed by atoms with Gasteiger partial charge < -0.3 is 5.32 Å². The Kier molecular flexibility index (Phi) is 6.43. The van der Waals surface area contributed by atoms with E-state index in [1.54, 1.807) is 11.8 Å². The Morgan fingerprint density at radius 1 is 1.22 bits per heavy atom. The predicted molar refractivity (Wildman–Crippen MR) is 93.0 cm³/mol. The average Bonchev–Trinajstić information content (AvgIpc) is 2.54. The van der Waals surface area contributed by atoms with E-state index in [1.807, 2.05) is 24.3 Å². The van der Waals surface area contributed by atoms with Crippen molar-refractivity contribution in [1.82, 2.24) is 5.32 Å². The zero-order chi connectivity index (χ0) is 16.7. The SMILES string of the molecule is O=C(NCCSCc1cccc(Cl)c1)c1ccc([N+](=O)[O-])cc1. The van der Waals surface area contributed by atoms with Gasteiger partial charge in [-0.2, -0.15) is 11.8 Å². The van der Waals surface area contributed by atoms with Crippen molar-refractivity contribution in [2.24, 2.45) is 0 Å². The zero-order valence-corrected chi connectivity index (χ0v) is 13.8. The maximum Gasteiger partial charge on any atom is 0.269 e. The molecule has 0 aliphatic heterocycles. The van der Waals surface area contributed by atoms with Crippen LogP contribution in [0.3, 0.4) is 0 Å². The van der Waals surface area contributed by atoms with Crippen LogP contribution < -0.4 is 5.32 Å². The lowest BCUT2D eigenvalue weighted by Crippen LogP contribution is -2.25. The summed E-state index contributed by atoms with van der Waals surface area (Å²) >= 11 is 7.61. The number of rotatable bonds is 7. The van der Waals surface area contributed by atoms with Gasteiger partial charge in [-0.3, -0.25) is 14.9 Å². The molecule has 0 aliphatic rings. The Labute approximate surface area is 143 Å². The van der Waals surface area contributed by atoms with Gasteiger partial charge >= 0.3 is 0 Å². The monoisotopic (exact) mass is 350 g/mol. The third-order valence-corrected chi connectivity index (χ3v) is 4.30. The number of amides is 1. The van der Waals surface area contributed by atoms with Crippen LogP contribution in [0, 0.1) is 10.1 Å². The van der Waals surface area contributed by atoms with Crippen LogP contribution in [-0.4, -0.2) is 23.1 Å². The molecule has 2 aromatic carbocycles. The van der Waals surface area contributed by atoms with Crippen LogP contribution in [0.15, 0.2) is 48.5 Å². The molecule has 0 aliphatic carbocycles. The van der Waals surface area contributed by atoms with Gasteiger partial charge in [0.15, 0.2) is 0 Å². The maximum atomic E-state index is 11.9. The Hall–Kier alpha value is -2.05. The van der Waals surface area contributed by atoms with Crippen molar-refractivity contribution in [1.29, 1.82) is 0 Å². The number of nitrogens with one attached hydrogen (secondary N) is 1. The number of nitrogens with zero attached hydrogens (tertiary/aromatic N) is 1. The average molecular weight is 351 g/mol. The maximum absolute atomic E-state index is 11.9. The summed E-state index contributed by atoms with van der Waals surface area (Å²) in [7, 11) is 0. The molecule has 0 heterocycles. The largest absolute Gasteiger partial charge is 0.351 e. The van der Waals surface area contributed by atoms with Gasteiger partial charge in [-0.1, -0.05) is 23.7 Å². The van der Waals surface area contributed by atoms with Crippen molar-refractivity contribution in [3.8, 4) is 0 Å². The van der Waals surface area contributed by atoms with Crippen LogP contribution in [0.25, 0.3) is 0 Å². The van der Waals surface area contributed by atoms with Crippen molar-refractivity contribution < 1.29 is 9.72 Å². The second-order valence-electron chi connectivity index (χ2n) is 4.74. The highest BCUT2D eigenvalue weighted by Crippen LogP contribution is 2.16. The Morgan fingerprint density at radius 2 is 1.96 bits per heavy atom. The molecule has 0 aromatic heterocycles. The summed E-state index contributed by atoms with van der Waals surface area (Å²) in [6.45, 7) is 0.529. The highest BCUT2D eigenvalue weighted by atomic mass is 35.5. The van der Waals surface area contributed by atoms with Gasteiger partial charge in [-0.05, 0) is 29.8 Å². The second-order valence-corrected chi connectivity index (χ2v) is 6.28. The molecule has 0 unspecified atom stereocenters. The van der Waals surface area contributed by atoms with Gasteiger partial charge in [0.1, 0.15) is 0 Å². The fourth-order valence-corrected chi connectivity index (χ4v) is 2.91. The lowest BCUT2D eigenvalue weighted by atomic mass is 10.2. The van der Waals surface area contributed by atoms with E-state index >= 15 is 0 Å². The lowest BCUT2D eigenvalue weighted by Gasteiger charge is -2.05. The first-order valence-electron chi connectivity index (χ1n) is 6.91. The molecule has 1 amide bonds. The van der Waals surface area contributed by atoms with Gasteiger partial charge in [-0.15, -0.1) is 0 Å². The number of hydrogen-bond donors (Lipinski definition) is 1. The normalized spacial score (nSPS) is 10.3. The van der Waals surface area contributed by atoms with Crippen LogP contribution in [0.5, 0.6) is 0 Å².